The maximum atomic E-state index is 13.4. The van der Waals surface area contributed by atoms with Crippen molar-refractivity contribution in [3.8, 4) is 11.3 Å². The van der Waals surface area contributed by atoms with E-state index in [2.05, 4.69) is 15.7 Å². The Kier molecular flexibility index (Phi) is 6.24. The second kappa shape index (κ2) is 9.13. The minimum absolute atomic E-state index is 0.0598. The van der Waals surface area contributed by atoms with Crippen molar-refractivity contribution in [2.45, 2.75) is 47.6 Å². The first-order valence-corrected chi connectivity index (χ1v) is 11.3. The summed E-state index contributed by atoms with van der Waals surface area (Å²) in [5.41, 5.74) is 3.90. The number of carbonyl (C=O) groups is 2. The number of hydrogen-bond acceptors (Lipinski definition) is 5. The number of aryl methyl sites for hydroxylation is 2. The summed E-state index contributed by atoms with van der Waals surface area (Å²) >= 11 is 0. The third-order valence-electron chi connectivity index (χ3n) is 5.55. The molecule has 2 N–H and O–H groups in total. The number of nitrogens with one attached hydrogen (secondary N) is 2. The predicted molar refractivity (Wildman–Crippen MR) is 133 cm³/mol. The Labute approximate surface area is 198 Å². The van der Waals surface area contributed by atoms with E-state index in [4.69, 9.17) is 9.40 Å². The van der Waals surface area contributed by atoms with Gasteiger partial charge in [-0.1, -0.05) is 13.8 Å². The maximum absolute atomic E-state index is 13.4. The molecule has 0 radical (unpaired) electrons. The van der Waals surface area contributed by atoms with Crippen LogP contribution in [0.3, 0.4) is 0 Å². The van der Waals surface area contributed by atoms with Crippen molar-refractivity contribution in [3.05, 3.63) is 59.7 Å². The molecule has 4 rings (SSSR count). The molecule has 0 aliphatic carbocycles. The molecule has 0 aliphatic rings. The highest BCUT2D eigenvalue weighted by Gasteiger charge is 2.20. The highest BCUT2D eigenvalue weighted by Crippen LogP contribution is 2.30. The van der Waals surface area contributed by atoms with Crippen LogP contribution in [0.1, 0.15) is 55.6 Å². The molecule has 0 unspecified atom stereocenters. The number of rotatable bonds is 6. The molecule has 8 nitrogen and oxygen atoms in total. The Hall–Kier alpha value is -3.94. The molecule has 0 saturated carbocycles. The van der Waals surface area contributed by atoms with Gasteiger partial charge in [-0.3, -0.25) is 9.59 Å². The molecule has 176 valence electrons. The number of amides is 2. The summed E-state index contributed by atoms with van der Waals surface area (Å²) in [5, 5.41) is 10.9. The topological polar surface area (TPSA) is 102 Å². The molecular weight excluding hydrogens is 430 g/mol. The van der Waals surface area contributed by atoms with Crippen molar-refractivity contribution in [2.75, 3.05) is 10.6 Å². The average molecular weight is 460 g/mol. The second-order valence-electron chi connectivity index (χ2n) is 8.98. The van der Waals surface area contributed by atoms with E-state index >= 15 is 0 Å². The third kappa shape index (κ3) is 4.57. The highest BCUT2D eigenvalue weighted by atomic mass is 16.3. The summed E-state index contributed by atoms with van der Waals surface area (Å²) in [7, 11) is 0. The van der Waals surface area contributed by atoms with E-state index in [0.717, 1.165) is 17.1 Å². The van der Waals surface area contributed by atoms with Crippen LogP contribution in [0, 0.1) is 19.8 Å². The van der Waals surface area contributed by atoms with Crippen molar-refractivity contribution in [3.63, 3.8) is 0 Å². The molecule has 34 heavy (non-hydrogen) atoms. The number of benzene rings is 1. The van der Waals surface area contributed by atoms with E-state index in [-0.39, 0.29) is 23.8 Å². The SMILES string of the molecule is Cc1cc(-c2cc(C(=O)Nc3ccc(NC(=O)C(C)C)cc3)c3cnn(C(C)C)c3n2)c(C)o1. The van der Waals surface area contributed by atoms with E-state index in [1.807, 2.05) is 52.3 Å². The molecule has 0 spiro atoms. The summed E-state index contributed by atoms with van der Waals surface area (Å²) in [6.45, 7) is 11.5. The second-order valence-corrected chi connectivity index (χ2v) is 8.98. The normalized spacial score (nSPS) is 11.4. The first-order chi connectivity index (χ1) is 16.1. The largest absolute Gasteiger partial charge is 0.466 e. The number of nitrogens with zero attached hydrogens (tertiary/aromatic N) is 3. The van der Waals surface area contributed by atoms with Crippen LogP contribution in [0.4, 0.5) is 11.4 Å². The lowest BCUT2D eigenvalue weighted by Crippen LogP contribution is -2.17. The number of furan rings is 1. The van der Waals surface area contributed by atoms with Gasteiger partial charge in [0.2, 0.25) is 5.91 Å². The van der Waals surface area contributed by atoms with Crippen molar-refractivity contribution in [1.29, 1.82) is 0 Å². The first kappa shape index (κ1) is 23.2. The first-order valence-electron chi connectivity index (χ1n) is 11.3. The van der Waals surface area contributed by atoms with E-state index in [9.17, 15) is 9.59 Å². The maximum Gasteiger partial charge on any atom is 0.256 e. The molecule has 0 aliphatic heterocycles. The van der Waals surface area contributed by atoms with E-state index in [0.29, 0.717) is 33.7 Å². The standard InChI is InChI=1S/C26H29N5O3/c1-14(2)25(32)28-18-7-9-19(10-8-18)29-26(33)21-12-23(20-11-16(5)34-17(20)6)30-24-22(21)13-27-31(24)15(3)4/h7-15H,1-6H3,(H,28,32)(H,29,33). The van der Waals surface area contributed by atoms with Crippen LogP contribution >= 0.6 is 0 Å². The van der Waals surface area contributed by atoms with Gasteiger partial charge in [0.05, 0.1) is 22.8 Å². The Balaban J connectivity index is 1.69. The average Bonchev–Trinajstić information content (AvgIpc) is 3.36. The van der Waals surface area contributed by atoms with Gasteiger partial charge in [-0.25, -0.2) is 9.67 Å². The van der Waals surface area contributed by atoms with Crippen LogP contribution in [0.15, 0.2) is 47.0 Å². The van der Waals surface area contributed by atoms with Crippen LogP contribution in [0.25, 0.3) is 22.3 Å². The molecule has 2 amide bonds. The molecule has 3 aromatic heterocycles. The number of anilines is 2. The number of carbonyl (C=O) groups excluding carboxylic acids is 2. The van der Waals surface area contributed by atoms with Crippen LogP contribution < -0.4 is 10.6 Å². The Morgan fingerprint density at radius 3 is 2.18 bits per heavy atom. The molecule has 0 atom stereocenters. The van der Waals surface area contributed by atoms with Gasteiger partial charge < -0.3 is 15.1 Å². The molecule has 0 fully saturated rings. The molecule has 0 saturated heterocycles. The smallest absolute Gasteiger partial charge is 0.256 e. The van der Waals surface area contributed by atoms with Crippen molar-refractivity contribution in [2.24, 2.45) is 5.92 Å². The molecule has 1 aromatic carbocycles. The van der Waals surface area contributed by atoms with Crippen LogP contribution in [0.5, 0.6) is 0 Å². The monoisotopic (exact) mass is 459 g/mol. The van der Waals surface area contributed by atoms with Gasteiger partial charge >= 0.3 is 0 Å². The highest BCUT2D eigenvalue weighted by molar-refractivity contribution is 6.12. The quantitative estimate of drug-likeness (QED) is 0.383. The zero-order valence-corrected chi connectivity index (χ0v) is 20.3. The van der Waals surface area contributed by atoms with Crippen molar-refractivity contribution < 1.29 is 14.0 Å². The molecule has 3 heterocycles. The van der Waals surface area contributed by atoms with E-state index < -0.39 is 0 Å². The molecular formula is C26H29N5O3. The summed E-state index contributed by atoms with van der Waals surface area (Å²) in [6.07, 6.45) is 1.68. The molecule has 8 heteroatoms. The lowest BCUT2D eigenvalue weighted by molar-refractivity contribution is -0.118. The minimum atomic E-state index is -0.270. The third-order valence-corrected chi connectivity index (χ3v) is 5.55. The number of aromatic nitrogens is 3. The predicted octanol–water partition coefficient (Wildman–Crippen LogP) is 5.74. The summed E-state index contributed by atoms with van der Waals surface area (Å²) in [5.74, 6) is 1.08. The summed E-state index contributed by atoms with van der Waals surface area (Å²) < 4.78 is 7.51. The van der Waals surface area contributed by atoms with Gasteiger partial charge in [-0.05, 0) is 64.1 Å². The van der Waals surface area contributed by atoms with Gasteiger partial charge in [-0.2, -0.15) is 5.10 Å². The van der Waals surface area contributed by atoms with E-state index in [1.165, 1.54) is 0 Å². The number of pyridine rings is 1. The Bertz CT molecular complexity index is 1360. The number of fused-ring (bicyclic) bond motifs is 1. The van der Waals surface area contributed by atoms with Crippen molar-refractivity contribution in [1.82, 2.24) is 14.8 Å². The van der Waals surface area contributed by atoms with Crippen LogP contribution in [-0.2, 0) is 4.79 Å². The fourth-order valence-electron chi connectivity index (χ4n) is 3.73. The van der Waals surface area contributed by atoms with Gasteiger partial charge in [0, 0.05) is 28.9 Å². The zero-order chi connectivity index (χ0) is 24.6. The van der Waals surface area contributed by atoms with Crippen LogP contribution in [0.2, 0.25) is 0 Å². The van der Waals surface area contributed by atoms with Gasteiger partial charge in [0.1, 0.15) is 11.5 Å². The number of hydrogen-bond donors (Lipinski definition) is 2. The lowest BCUT2D eigenvalue weighted by Gasteiger charge is -2.12. The zero-order valence-electron chi connectivity index (χ0n) is 20.3. The van der Waals surface area contributed by atoms with Gasteiger partial charge in [-0.15, -0.1) is 0 Å². The lowest BCUT2D eigenvalue weighted by atomic mass is 10.1. The Morgan fingerprint density at radius 2 is 1.62 bits per heavy atom. The van der Waals surface area contributed by atoms with Gasteiger partial charge in [0.25, 0.3) is 5.91 Å². The fourth-order valence-corrected chi connectivity index (χ4v) is 3.73. The van der Waals surface area contributed by atoms with Crippen molar-refractivity contribution >= 4 is 34.2 Å². The summed E-state index contributed by atoms with van der Waals surface area (Å²) in [6, 6.07) is 10.8. The van der Waals surface area contributed by atoms with E-state index in [1.54, 1.807) is 36.5 Å². The fraction of sp³-hybridized carbons (Fsp3) is 0.308. The minimum Gasteiger partial charge on any atom is -0.466 e. The summed E-state index contributed by atoms with van der Waals surface area (Å²) in [4.78, 5) is 30.1. The van der Waals surface area contributed by atoms with Gasteiger partial charge in [0.15, 0.2) is 5.65 Å². The Morgan fingerprint density at radius 1 is 0.971 bits per heavy atom. The van der Waals surface area contributed by atoms with Crippen LogP contribution in [-0.4, -0.2) is 26.6 Å². The molecule has 0 bridgehead atoms. The molecule has 4 aromatic rings.